The third-order valence-electron chi connectivity index (χ3n) is 5.11. The van der Waals surface area contributed by atoms with Crippen LogP contribution in [0.3, 0.4) is 0 Å². The Labute approximate surface area is 136 Å². The summed E-state index contributed by atoms with van der Waals surface area (Å²) in [6.45, 7) is 11.6. The highest BCUT2D eigenvalue weighted by molar-refractivity contribution is 6.73. The first-order valence-corrected chi connectivity index (χ1v) is 12.4. The van der Waals surface area contributed by atoms with Gasteiger partial charge in [-0.05, 0) is 31.0 Å². The fourth-order valence-electron chi connectivity index (χ4n) is 3.20. The van der Waals surface area contributed by atoms with Gasteiger partial charge in [-0.25, -0.2) is 0 Å². The summed E-state index contributed by atoms with van der Waals surface area (Å²) in [5, 5.41) is 0. The Morgan fingerprint density at radius 2 is 1.10 bits per heavy atom. The molecule has 1 unspecified atom stereocenters. The summed E-state index contributed by atoms with van der Waals surface area (Å²) in [5.41, 5.74) is 0. The van der Waals surface area contributed by atoms with Crippen LogP contribution in [-0.2, 0) is 4.43 Å². The second-order valence-corrected chi connectivity index (χ2v) is 11.4. The van der Waals surface area contributed by atoms with Crippen LogP contribution in [0.15, 0.2) is 0 Å². The van der Waals surface area contributed by atoms with Crippen LogP contribution in [0, 0.1) is 0 Å². The van der Waals surface area contributed by atoms with Crippen LogP contribution in [0.4, 0.5) is 0 Å². The van der Waals surface area contributed by atoms with Gasteiger partial charge in [0.15, 0.2) is 8.32 Å². The van der Waals surface area contributed by atoms with Gasteiger partial charge < -0.3 is 4.43 Å². The first-order chi connectivity index (χ1) is 10.2. The summed E-state index contributed by atoms with van der Waals surface area (Å²) in [6.07, 6.45) is 14.2. The number of hydrogen-bond donors (Lipinski definition) is 0. The average Bonchev–Trinajstić information content (AvgIpc) is 2.53. The lowest BCUT2D eigenvalue weighted by Crippen LogP contribution is -2.40. The topological polar surface area (TPSA) is 9.23 Å². The van der Waals surface area contributed by atoms with E-state index in [0.717, 1.165) is 0 Å². The molecular weight excluding hydrogens is 272 g/mol. The van der Waals surface area contributed by atoms with Gasteiger partial charge in [0.1, 0.15) is 0 Å². The van der Waals surface area contributed by atoms with E-state index in [-0.39, 0.29) is 0 Å². The van der Waals surface area contributed by atoms with Gasteiger partial charge >= 0.3 is 0 Å². The number of hydrogen-bond acceptors (Lipinski definition) is 1. The maximum absolute atomic E-state index is 6.75. The standard InChI is InChI=1S/C19H42OSi/c1-6-11-13-14-15-16-18-19(17-12-7-2)20-21(8-3,9-4)10-5/h19H,6-18H2,1-5H3. The quantitative estimate of drug-likeness (QED) is 0.227. The number of rotatable bonds is 15. The fourth-order valence-corrected chi connectivity index (χ4v) is 6.14. The van der Waals surface area contributed by atoms with Crippen molar-refractivity contribution < 1.29 is 4.43 Å². The lowest BCUT2D eigenvalue weighted by Gasteiger charge is -2.33. The molecule has 0 aromatic heterocycles. The maximum Gasteiger partial charge on any atom is 0.192 e. The van der Waals surface area contributed by atoms with E-state index < -0.39 is 8.32 Å². The summed E-state index contributed by atoms with van der Waals surface area (Å²) in [7, 11) is -1.41. The van der Waals surface area contributed by atoms with Crippen LogP contribution in [0.5, 0.6) is 0 Å². The lowest BCUT2D eigenvalue weighted by atomic mass is 10.0. The third kappa shape index (κ3) is 9.73. The smallest absolute Gasteiger partial charge is 0.192 e. The van der Waals surface area contributed by atoms with Gasteiger partial charge in [0, 0.05) is 6.10 Å². The Kier molecular flexibility index (Phi) is 13.9. The molecule has 0 spiro atoms. The van der Waals surface area contributed by atoms with Gasteiger partial charge in [-0.1, -0.05) is 86.0 Å². The van der Waals surface area contributed by atoms with Crippen LogP contribution in [-0.4, -0.2) is 14.4 Å². The molecule has 0 aliphatic heterocycles. The Hall–Kier alpha value is 0.177. The van der Waals surface area contributed by atoms with Crippen molar-refractivity contribution in [2.75, 3.05) is 0 Å². The molecule has 0 heterocycles. The van der Waals surface area contributed by atoms with Gasteiger partial charge in [0.2, 0.25) is 0 Å². The largest absolute Gasteiger partial charge is 0.414 e. The van der Waals surface area contributed by atoms with Crippen molar-refractivity contribution in [3.8, 4) is 0 Å². The highest BCUT2D eigenvalue weighted by Crippen LogP contribution is 2.27. The molecule has 0 radical (unpaired) electrons. The zero-order valence-electron chi connectivity index (χ0n) is 15.7. The van der Waals surface area contributed by atoms with Crippen LogP contribution in [0.25, 0.3) is 0 Å². The second-order valence-electron chi connectivity index (χ2n) is 6.68. The van der Waals surface area contributed by atoms with E-state index in [4.69, 9.17) is 4.43 Å². The summed E-state index contributed by atoms with van der Waals surface area (Å²) in [6, 6.07) is 3.87. The molecule has 0 bridgehead atoms. The summed E-state index contributed by atoms with van der Waals surface area (Å²) < 4.78 is 6.75. The van der Waals surface area contributed by atoms with E-state index in [2.05, 4.69) is 34.6 Å². The minimum Gasteiger partial charge on any atom is -0.414 e. The molecule has 0 aliphatic rings. The normalized spacial score (nSPS) is 13.6. The van der Waals surface area contributed by atoms with E-state index >= 15 is 0 Å². The third-order valence-corrected chi connectivity index (χ3v) is 9.81. The summed E-state index contributed by atoms with van der Waals surface area (Å²) in [4.78, 5) is 0. The predicted octanol–water partition coefficient (Wildman–Crippen LogP) is 7.32. The second kappa shape index (κ2) is 13.8. The maximum atomic E-state index is 6.75. The molecule has 21 heavy (non-hydrogen) atoms. The van der Waals surface area contributed by atoms with Gasteiger partial charge in [-0.15, -0.1) is 0 Å². The number of unbranched alkanes of at least 4 members (excludes halogenated alkanes) is 6. The van der Waals surface area contributed by atoms with Crippen molar-refractivity contribution in [1.82, 2.24) is 0 Å². The van der Waals surface area contributed by atoms with Gasteiger partial charge in [0.25, 0.3) is 0 Å². The molecule has 0 aromatic rings. The van der Waals surface area contributed by atoms with Crippen molar-refractivity contribution in [3.05, 3.63) is 0 Å². The zero-order valence-corrected chi connectivity index (χ0v) is 16.7. The van der Waals surface area contributed by atoms with E-state index in [1.54, 1.807) is 0 Å². The van der Waals surface area contributed by atoms with Crippen molar-refractivity contribution in [3.63, 3.8) is 0 Å². The Bertz CT molecular complexity index is 205. The molecule has 128 valence electrons. The van der Waals surface area contributed by atoms with Crippen molar-refractivity contribution in [2.45, 2.75) is 123 Å². The first kappa shape index (κ1) is 21.2. The summed E-state index contributed by atoms with van der Waals surface area (Å²) >= 11 is 0. The van der Waals surface area contributed by atoms with Crippen LogP contribution < -0.4 is 0 Å². The van der Waals surface area contributed by atoms with Crippen molar-refractivity contribution >= 4 is 8.32 Å². The molecular formula is C19H42OSi. The molecule has 1 nitrogen and oxygen atoms in total. The Morgan fingerprint density at radius 3 is 1.62 bits per heavy atom. The molecule has 0 fully saturated rings. The van der Waals surface area contributed by atoms with Crippen LogP contribution in [0.1, 0.15) is 98.8 Å². The van der Waals surface area contributed by atoms with E-state index in [0.29, 0.717) is 6.10 Å². The molecule has 0 N–H and O–H groups in total. The molecule has 2 heteroatoms. The SMILES string of the molecule is CCCCCCCCC(CCCC)O[Si](CC)(CC)CC. The van der Waals surface area contributed by atoms with Gasteiger partial charge in [-0.3, -0.25) is 0 Å². The molecule has 0 saturated heterocycles. The van der Waals surface area contributed by atoms with Crippen LogP contribution >= 0.6 is 0 Å². The Morgan fingerprint density at radius 1 is 0.619 bits per heavy atom. The van der Waals surface area contributed by atoms with Gasteiger partial charge in [-0.2, -0.15) is 0 Å². The van der Waals surface area contributed by atoms with E-state index in [9.17, 15) is 0 Å². The molecule has 0 saturated carbocycles. The molecule has 0 aliphatic carbocycles. The van der Waals surface area contributed by atoms with E-state index in [1.807, 2.05) is 0 Å². The Balaban J connectivity index is 4.18. The molecule has 1 atom stereocenters. The minimum atomic E-state index is -1.41. The zero-order chi connectivity index (χ0) is 16.0. The lowest BCUT2D eigenvalue weighted by molar-refractivity contribution is 0.159. The average molecular weight is 315 g/mol. The monoisotopic (exact) mass is 314 g/mol. The fraction of sp³-hybridized carbons (Fsp3) is 1.00. The highest BCUT2D eigenvalue weighted by atomic mass is 28.4. The van der Waals surface area contributed by atoms with Crippen molar-refractivity contribution in [2.24, 2.45) is 0 Å². The summed E-state index contributed by atoms with van der Waals surface area (Å²) in [5.74, 6) is 0. The van der Waals surface area contributed by atoms with E-state index in [1.165, 1.54) is 82.3 Å². The minimum absolute atomic E-state index is 0.558. The molecule has 0 aromatic carbocycles. The molecule has 0 amide bonds. The molecule has 0 rings (SSSR count). The predicted molar refractivity (Wildman–Crippen MR) is 99.6 cm³/mol. The highest BCUT2D eigenvalue weighted by Gasteiger charge is 2.31. The van der Waals surface area contributed by atoms with Gasteiger partial charge in [0.05, 0.1) is 0 Å². The first-order valence-electron chi connectivity index (χ1n) is 9.85. The van der Waals surface area contributed by atoms with Crippen LogP contribution in [0.2, 0.25) is 18.1 Å². The van der Waals surface area contributed by atoms with Crippen molar-refractivity contribution in [1.29, 1.82) is 0 Å².